The zero-order valence-corrected chi connectivity index (χ0v) is 17.5. The molecule has 31 heavy (non-hydrogen) atoms. The standard InChI is InChI=1S/C23H23N7O/c1-23(2)21-17(22(29-28-21)27-18-8-9-25-19(12-24)26-18)13-30(23)20(31)11-15-10-16(15)14-6-4-3-5-7-14/h3-9,15-16H,10-11,13H2,1-2H3,(H2,25,26,27,28,29)/t15?,16-/m0/s1. The van der Waals surface area contributed by atoms with Crippen molar-refractivity contribution in [3.63, 3.8) is 0 Å². The molecule has 2 aromatic heterocycles. The molecule has 1 amide bonds. The number of H-pyrrole nitrogens is 1. The van der Waals surface area contributed by atoms with Crippen molar-refractivity contribution in [2.45, 2.75) is 44.7 Å². The van der Waals surface area contributed by atoms with E-state index in [9.17, 15) is 4.79 Å². The summed E-state index contributed by atoms with van der Waals surface area (Å²) in [6.07, 6.45) is 3.15. The minimum atomic E-state index is -0.472. The Morgan fingerprint density at radius 2 is 2.13 bits per heavy atom. The Balaban J connectivity index is 1.30. The Labute approximate surface area is 180 Å². The van der Waals surface area contributed by atoms with Gasteiger partial charge in [0.2, 0.25) is 11.7 Å². The summed E-state index contributed by atoms with van der Waals surface area (Å²) in [5.41, 5.74) is 2.72. The van der Waals surface area contributed by atoms with E-state index in [1.807, 2.05) is 30.9 Å². The highest BCUT2D eigenvalue weighted by atomic mass is 16.2. The number of hydrogen-bond donors (Lipinski definition) is 2. The van der Waals surface area contributed by atoms with Gasteiger partial charge in [-0.2, -0.15) is 10.4 Å². The molecule has 0 bridgehead atoms. The van der Waals surface area contributed by atoms with Crippen LogP contribution in [0.3, 0.4) is 0 Å². The first-order valence-corrected chi connectivity index (χ1v) is 10.4. The van der Waals surface area contributed by atoms with E-state index in [1.165, 1.54) is 11.8 Å². The highest BCUT2D eigenvalue weighted by Gasteiger charge is 2.46. The van der Waals surface area contributed by atoms with Crippen LogP contribution in [0.5, 0.6) is 0 Å². The molecule has 156 valence electrons. The van der Waals surface area contributed by atoms with Crippen molar-refractivity contribution in [1.82, 2.24) is 25.1 Å². The number of nitrogens with zero attached hydrogens (tertiary/aromatic N) is 5. The molecule has 0 saturated heterocycles. The van der Waals surface area contributed by atoms with Crippen molar-refractivity contribution in [3.8, 4) is 6.07 Å². The van der Waals surface area contributed by atoms with E-state index in [2.05, 4.69) is 49.7 Å². The third-order valence-corrected chi connectivity index (χ3v) is 6.36. The highest BCUT2D eigenvalue weighted by molar-refractivity contribution is 5.80. The van der Waals surface area contributed by atoms with Gasteiger partial charge in [0.15, 0.2) is 5.82 Å². The lowest BCUT2D eigenvalue weighted by Gasteiger charge is -2.32. The van der Waals surface area contributed by atoms with E-state index >= 15 is 0 Å². The molecule has 0 spiro atoms. The molecular formula is C23H23N7O. The van der Waals surface area contributed by atoms with Crippen LogP contribution in [-0.2, 0) is 16.9 Å². The van der Waals surface area contributed by atoms with Gasteiger partial charge in [0, 0.05) is 18.2 Å². The van der Waals surface area contributed by atoms with Gasteiger partial charge in [0.1, 0.15) is 11.9 Å². The van der Waals surface area contributed by atoms with Crippen LogP contribution in [0.1, 0.15) is 55.3 Å². The SMILES string of the molecule is CC1(C)c2[nH]nc(Nc3ccnc(C#N)n3)c2CN1C(=O)CC1C[C@H]1c1ccccc1. The topological polar surface area (TPSA) is 111 Å². The first-order valence-electron chi connectivity index (χ1n) is 10.4. The quantitative estimate of drug-likeness (QED) is 0.661. The van der Waals surface area contributed by atoms with E-state index in [-0.39, 0.29) is 11.7 Å². The van der Waals surface area contributed by atoms with Gasteiger partial charge in [0.25, 0.3) is 0 Å². The van der Waals surface area contributed by atoms with Crippen molar-refractivity contribution in [3.05, 3.63) is 65.2 Å². The van der Waals surface area contributed by atoms with E-state index in [1.54, 1.807) is 6.07 Å². The van der Waals surface area contributed by atoms with Crippen LogP contribution in [0, 0.1) is 17.2 Å². The van der Waals surface area contributed by atoms with Gasteiger partial charge in [-0.25, -0.2) is 9.97 Å². The van der Waals surface area contributed by atoms with Gasteiger partial charge in [-0.1, -0.05) is 30.3 Å². The number of rotatable bonds is 5. The van der Waals surface area contributed by atoms with E-state index < -0.39 is 5.54 Å². The molecular weight excluding hydrogens is 390 g/mol. The lowest BCUT2D eigenvalue weighted by Crippen LogP contribution is -2.40. The number of benzene rings is 1. The third kappa shape index (κ3) is 3.42. The van der Waals surface area contributed by atoms with Crippen LogP contribution in [0.25, 0.3) is 0 Å². The van der Waals surface area contributed by atoms with Crippen LogP contribution in [0.2, 0.25) is 0 Å². The maximum atomic E-state index is 13.2. The number of nitriles is 1. The summed E-state index contributed by atoms with van der Waals surface area (Å²) in [4.78, 5) is 23.2. The molecule has 1 unspecified atom stereocenters. The Morgan fingerprint density at radius 3 is 2.90 bits per heavy atom. The molecule has 2 N–H and O–H groups in total. The molecule has 1 aliphatic heterocycles. The molecule has 5 rings (SSSR count). The molecule has 8 heteroatoms. The van der Waals surface area contributed by atoms with Crippen LogP contribution < -0.4 is 5.32 Å². The molecule has 8 nitrogen and oxygen atoms in total. The monoisotopic (exact) mass is 413 g/mol. The Kier molecular flexibility index (Phi) is 4.47. The molecule has 2 aliphatic rings. The Bertz CT molecular complexity index is 1180. The summed E-state index contributed by atoms with van der Waals surface area (Å²) < 4.78 is 0. The van der Waals surface area contributed by atoms with Gasteiger partial charge in [-0.15, -0.1) is 0 Å². The number of carbonyl (C=O) groups excluding carboxylic acids is 1. The van der Waals surface area contributed by atoms with E-state index in [4.69, 9.17) is 5.26 Å². The summed E-state index contributed by atoms with van der Waals surface area (Å²) in [5, 5.41) is 19.6. The second kappa shape index (κ2) is 7.20. The van der Waals surface area contributed by atoms with Crippen molar-refractivity contribution in [1.29, 1.82) is 5.26 Å². The van der Waals surface area contributed by atoms with Crippen LogP contribution in [-0.4, -0.2) is 31.0 Å². The Hall–Kier alpha value is -3.73. The van der Waals surface area contributed by atoms with Crippen LogP contribution in [0.15, 0.2) is 42.6 Å². The predicted molar refractivity (Wildman–Crippen MR) is 114 cm³/mol. The van der Waals surface area contributed by atoms with E-state index in [0.717, 1.165) is 17.7 Å². The molecule has 0 radical (unpaired) electrons. The van der Waals surface area contributed by atoms with Gasteiger partial charge < -0.3 is 10.2 Å². The average molecular weight is 413 g/mol. The van der Waals surface area contributed by atoms with Gasteiger partial charge in [-0.3, -0.25) is 9.89 Å². The first kappa shape index (κ1) is 19.2. The zero-order chi connectivity index (χ0) is 21.6. The number of carbonyl (C=O) groups is 1. The minimum absolute atomic E-state index is 0.0896. The molecule has 1 aromatic carbocycles. The van der Waals surface area contributed by atoms with Crippen LogP contribution in [0.4, 0.5) is 11.6 Å². The molecule has 3 heterocycles. The van der Waals surface area contributed by atoms with Crippen molar-refractivity contribution >= 4 is 17.5 Å². The fourth-order valence-corrected chi connectivity index (χ4v) is 4.54. The summed E-state index contributed by atoms with van der Waals surface area (Å²) >= 11 is 0. The van der Waals surface area contributed by atoms with Gasteiger partial charge in [0.05, 0.1) is 17.8 Å². The third-order valence-electron chi connectivity index (χ3n) is 6.36. The van der Waals surface area contributed by atoms with Gasteiger partial charge in [-0.05, 0) is 43.7 Å². The summed E-state index contributed by atoms with van der Waals surface area (Å²) in [7, 11) is 0. The number of fused-ring (bicyclic) bond motifs is 1. The maximum absolute atomic E-state index is 13.2. The first-order chi connectivity index (χ1) is 15.0. The number of amides is 1. The normalized spacial score (nSPS) is 20.7. The lowest BCUT2D eigenvalue weighted by atomic mass is 10.00. The Morgan fingerprint density at radius 1 is 1.32 bits per heavy atom. The minimum Gasteiger partial charge on any atom is -0.327 e. The smallest absolute Gasteiger partial charge is 0.234 e. The largest absolute Gasteiger partial charge is 0.327 e. The predicted octanol–water partition coefficient (Wildman–Crippen LogP) is 3.59. The fraction of sp³-hybridized carbons (Fsp3) is 0.348. The van der Waals surface area contributed by atoms with Crippen LogP contribution >= 0.6 is 0 Å². The number of hydrogen-bond acceptors (Lipinski definition) is 6. The van der Waals surface area contributed by atoms with E-state index in [0.29, 0.717) is 36.4 Å². The zero-order valence-electron chi connectivity index (χ0n) is 17.5. The molecule has 2 atom stereocenters. The highest BCUT2D eigenvalue weighted by Crippen LogP contribution is 2.51. The summed E-state index contributed by atoms with van der Waals surface area (Å²) in [5.74, 6) is 2.26. The molecule has 1 saturated carbocycles. The summed E-state index contributed by atoms with van der Waals surface area (Å²) in [6.45, 7) is 4.57. The molecule has 1 fully saturated rings. The van der Waals surface area contributed by atoms with Crippen molar-refractivity contribution < 1.29 is 4.79 Å². The van der Waals surface area contributed by atoms with Crippen molar-refractivity contribution in [2.24, 2.45) is 5.92 Å². The average Bonchev–Trinajstić information content (AvgIpc) is 3.33. The lowest BCUT2D eigenvalue weighted by molar-refractivity contribution is -0.137. The second-order valence-electron chi connectivity index (χ2n) is 8.68. The number of aromatic nitrogens is 4. The molecule has 1 aliphatic carbocycles. The van der Waals surface area contributed by atoms with Gasteiger partial charge >= 0.3 is 0 Å². The number of anilines is 2. The second-order valence-corrected chi connectivity index (χ2v) is 8.68. The van der Waals surface area contributed by atoms with Crippen molar-refractivity contribution in [2.75, 3.05) is 5.32 Å². The number of nitrogens with one attached hydrogen (secondary N) is 2. The summed E-state index contributed by atoms with van der Waals surface area (Å²) in [6, 6.07) is 14.0. The number of aromatic amines is 1. The maximum Gasteiger partial charge on any atom is 0.234 e. The fourth-order valence-electron chi connectivity index (χ4n) is 4.54. The molecule has 3 aromatic rings.